The van der Waals surface area contributed by atoms with Gasteiger partial charge in [0.05, 0.1) is 12.7 Å². The third-order valence-electron chi connectivity index (χ3n) is 5.53. The zero-order chi connectivity index (χ0) is 25.7. The molecule has 0 unspecified atom stereocenters. The molecule has 0 atom stereocenters. The number of halogens is 4. The van der Waals surface area contributed by atoms with E-state index in [2.05, 4.69) is 9.72 Å². The van der Waals surface area contributed by atoms with Crippen molar-refractivity contribution in [3.63, 3.8) is 0 Å². The van der Waals surface area contributed by atoms with Crippen LogP contribution in [-0.4, -0.2) is 18.1 Å². The number of aromatic nitrogens is 1. The first-order valence-corrected chi connectivity index (χ1v) is 11.0. The maximum absolute atomic E-state index is 14.4. The molecule has 1 aliphatic carbocycles. The SMILES string of the molecule is COC(=O)c1ccc(-c2ccc(COc3ccc(C4=CCC=CC=C4F)c(C(F)(F)F)c3)cc2)cn1. The van der Waals surface area contributed by atoms with Crippen molar-refractivity contribution in [2.45, 2.75) is 19.2 Å². The van der Waals surface area contributed by atoms with Gasteiger partial charge >= 0.3 is 12.1 Å². The number of hydrogen-bond donors (Lipinski definition) is 0. The fourth-order valence-corrected chi connectivity index (χ4v) is 3.68. The maximum Gasteiger partial charge on any atom is 0.417 e. The molecular weight excluding hydrogens is 474 g/mol. The number of hydrogen-bond acceptors (Lipinski definition) is 4. The van der Waals surface area contributed by atoms with E-state index in [9.17, 15) is 22.4 Å². The Morgan fingerprint density at radius 2 is 1.78 bits per heavy atom. The van der Waals surface area contributed by atoms with E-state index < -0.39 is 23.5 Å². The molecule has 36 heavy (non-hydrogen) atoms. The molecule has 4 nitrogen and oxygen atoms in total. The van der Waals surface area contributed by atoms with Crippen molar-refractivity contribution in [2.24, 2.45) is 0 Å². The first-order valence-electron chi connectivity index (χ1n) is 11.0. The number of pyridine rings is 1. The lowest BCUT2D eigenvalue weighted by molar-refractivity contribution is -0.137. The van der Waals surface area contributed by atoms with Crippen LogP contribution in [0.15, 0.2) is 90.9 Å². The summed E-state index contributed by atoms with van der Waals surface area (Å²) in [5.74, 6) is -1.23. The van der Waals surface area contributed by atoms with Gasteiger partial charge in [-0.25, -0.2) is 14.2 Å². The van der Waals surface area contributed by atoms with Gasteiger partial charge in [-0.15, -0.1) is 0 Å². The second-order valence-electron chi connectivity index (χ2n) is 7.91. The molecule has 1 heterocycles. The Hall–Kier alpha value is -4.20. The van der Waals surface area contributed by atoms with Crippen LogP contribution >= 0.6 is 0 Å². The molecule has 0 fully saturated rings. The lowest BCUT2D eigenvalue weighted by Crippen LogP contribution is -2.10. The van der Waals surface area contributed by atoms with Crippen LogP contribution < -0.4 is 4.74 Å². The topological polar surface area (TPSA) is 48.4 Å². The number of nitrogens with zero attached hydrogens (tertiary/aromatic N) is 1. The van der Waals surface area contributed by atoms with Crippen LogP contribution in [-0.2, 0) is 17.5 Å². The zero-order valence-electron chi connectivity index (χ0n) is 19.2. The third kappa shape index (κ3) is 5.71. The Morgan fingerprint density at radius 3 is 2.44 bits per heavy atom. The fraction of sp³-hybridized carbons (Fsp3) is 0.143. The summed E-state index contributed by atoms with van der Waals surface area (Å²) in [6.07, 6.45) is 2.91. The molecule has 0 amide bonds. The molecule has 1 aromatic heterocycles. The monoisotopic (exact) mass is 495 g/mol. The van der Waals surface area contributed by atoms with Crippen molar-refractivity contribution in [1.29, 1.82) is 0 Å². The predicted octanol–water partition coefficient (Wildman–Crippen LogP) is 7.33. The number of ether oxygens (including phenoxy) is 2. The number of esters is 1. The van der Waals surface area contributed by atoms with Gasteiger partial charge in [-0.2, -0.15) is 13.2 Å². The van der Waals surface area contributed by atoms with Crippen molar-refractivity contribution >= 4 is 11.5 Å². The van der Waals surface area contributed by atoms with Gasteiger partial charge < -0.3 is 9.47 Å². The molecule has 0 bridgehead atoms. The molecule has 0 saturated heterocycles. The molecule has 8 heteroatoms. The van der Waals surface area contributed by atoms with Crippen LogP contribution in [0.2, 0.25) is 0 Å². The molecule has 3 aromatic rings. The summed E-state index contributed by atoms with van der Waals surface area (Å²) >= 11 is 0. The number of carbonyl (C=O) groups excluding carboxylic acids is 1. The van der Waals surface area contributed by atoms with Crippen molar-refractivity contribution in [1.82, 2.24) is 4.98 Å². The average molecular weight is 495 g/mol. The number of rotatable bonds is 6. The van der Waals surface area contributed by atoms with Gasteiger partial charge in [0, 0.05) is 17.3 Å². The van der Waals surface area contributed by atoms with Crippen LogP contribution in [0.1, 0.15) is 33.6 Å². The predicted molar refractivity (Wildman–Crippen MR) is 128 cm³/mol. The van der Waals surface area contributed by atoms with Crippen LogP contribution in [0, 0.1) is 0 Å². The van der Waals surface area contributed by atoms with Gasteiger partial charge in [0.1, 0.15) is 23.9 Å². The van der Waals surface area contributed by atoms with Crippen LogP contribution in [0.4, 0.5) is 17.6 Å². The highest BCUT2D eigenvalue weighted by molar-refractivity contribution is 5.87. The largest absolute Gasteiger partial charge is 0.489 e. The van der Waals surface area contributed by atoms with E-state index in [0.717, 1.165) is 28.8 Å². The van der Waals surface area contributed by atoms with E-state index in [0.29, 0.717) is 6.42 Å². The van der Waals surface area contributed by atoms with Crippen LogP contribution in [0.5, 0.6) is 5.75 Å². The minimum Gasteiger partial charge on any atom is -0.489 e. The van der Waals surface area contributed by atoms with E-state index in [1.165, 1.54) is 31.4 Å². The van der Waals surface area contributed by atoms with Crippen LogP contribution in [0.3, 0.4) is 0 Å². The standard InChI is InChI=1S/C28H21F4NO3/c1-35-27(34)26-14-11-20(16-33-26)19-9-7-18(8-10-19)17-36-21-12-13-22(24(15-21)28(30,31)32)23-5-3-2-4-6-25(23)29/h2,4-16H,3,17H2,1H3. The minimum absolute atomic E-state index is 0.0227. The summed E-state index contributed by atoms with van der Waals surface area (Å²) in [5, 5.41) is 0. The number of allylic oxidation sites excluding steroid dienone is 6. The average Bonchev–Trinajstić information content (AvgIpc) is 3.11. The van der Waals surface area contributed by atoms with Gasteiger partial charge in [-0.3, -0.25) is 0 Å². The Balaban J connectivity index is 1.49. The van der Waals surface area contributed by atoms with Gasteiger partial charge in [-0.05, 0) is 53.5 Å². The number of alkyl halides is 3. The van der Waals surface area contributed by atoms with E-state index in [-0.39, 0.29) is 29.2 Å². The highest BCUT2D eigenvalue weighted by atomic mass is 19.4. The lowest BCUT2D eigenvalue weighted by Gasteiger charge is -2.16. The van der Waals surface area contributed by atoms with E-state index in [4.69, 9.17) is 4.74 Å². The molecule has 184 valence electrons. The molecule has 0 radical (unpaired) electrons. The van der Waals surface area contributed by atoms with Gasteiger partial charge in [0.25, 0.3) is 0 Å². The second-order valence-corrected chi connectivity index (χ2v) is 7.91. The molecule has 4 rings (SSSR count). The Kier molecular flexibility index (Phi) is 7.33. The van der Waals surface area contributed by atoms with E-state index in [1.807, 2.05) is 12.1 Å². The molecule has 1 aliphatic rings. The van der Waals surface area contributed by atoms with Crippen molar-refractivity contribution in [3.8, 4) is 16.9 Å². The Labute approximate surface area is 205 Å². The molecule has 0 saturated carbocycles. The highest BCUT2D eigenvalue weighted by Crippen LogP contribution is 2.40. The first kappa shape index (κ1) is 24.9. The molecule has 2 aromatic carbocycles. The van der Waals surface area contributed by atoms with E-state index in [1.54, 1.807) is 36.5 Å². The molecule has 0 spiro atoms. The van der Waals surface area contributed by atoms with Gasteiger partial charge in [0.2, 0.25) is 0 Å². The second kappa shape index (κ2) is 10.6. The molecular formula is C28H21F4NO3. The van der Waals surface area contributed by atoms with Gasteiger partial charge in [-0.1, -0.05) is 48.6 Å². The zero-order valence-corrected chi connectivity index (χ0v) is 19.2. The van der Waals surface area contributed by atoms with Crippen molar-refractivity contribution < 1.29 is 31.8 Å². The van der Waals surface area contributed by atoms with Crippen molar-refractivity contribution in [2.75, 3.05) is 7.11 Å². The van der Waals surface area contributed by atoms with Crippen LogP contribution in [0.25, 0.3) is 16.7 Å². The fourth-order valence-electron chi connectivity index (χ4n) is 3.68. The number of carbonyl (C=O) groups is 1. The summed E-state index contributed by atoms with van der Waals surface area (Å²) in [4.78, 5) is 15.6. The molecule has 0 N–H and O–H groups in total. The maximum atomic E-state index is 14.4. The summed E-state index contributed by atoms with van der Waals surface area (Å²) in [6, 6.07) is 14.0. The third-order valence-corrected chi connectivity index (χ3v) is 5.53. The first-order chi connectivity index (χ1) is 17.3. The summed E-state index contributed by atoms with van der Waals surface area (Å²) in [6.45, 7) is 0.0390. The summed E-state index contributed by atoms with van der Waals surface area (Å²) in [5.41, 5.74) is 1.27. The minimum atomic E-state index is -4.69. The van der Waals surface area contributed by atoms with E-state index >= 15 is 0 Å². The smallest absolute Gasteiger partial charge is 0.417 e. The Morgan fingerprint density at radius 1 is 1.03 bits per heavy atom. The number of methoxy groups -OCH3 is 1. The summed E-state index contributed by atoms with van der Waals surface area (Å²) < 4.78 is 66.0. The van der Waals surface area contributed by atoms with Crippen molar-refractivity contribution in [3.05, 3.63) is 113 Å². The Bertz CT molecular complexity index is 1340. The lowest BCUT2D eigenvalue weighted by atomic mass is 9.97. The normalized spacial score (nSPS) is 13.5. The van der Waals surface area contributed by atoms with Gasteiger partial charge in [0.15, 0.2) is 0 Å². The number of benzene rings is 2. The quantitative estimate of drug-likeness (QED) is 0.265. The molecule has 0 aliphatic heterocycles. The summed E-state index contributed by atoms with van der Waals surface area (Å²) in [7, 11) is 1.28. The highest BCUT2D eigenvalue weighted by Gasteiger charge is 2.35.